The number of hydrogen-bond acceptors (Lipinski definition) is 3. The number of rotatable bonds is 3. The first-order valence-electron chi connectivity index (χ1n) is 7.64. The first-order valence-corrected chi connectivity index (χ1v) is 7.64. The summed E-state index contributed by atoms with van der Waals surface area (Å²) in [5.74, 6) is 0.135. The van der Waals surface area contributed by atoms with Gasteiger partial charge in [0.05, 0.1) is 12.2 Å². The molecule has 1 heterocycles. The number of carbonyl (C=O) groups is 1. The highest BCUT2D eigenvalue weighted by molar-refractivity contribution is 5.84. The van der Waals surface area contributed by atoms with E-state index in [9.17, 15) is 4.79 Å². The Hall–Kier alpha value is -1.55. The van der Waals surface area contributed by atoms with Crippen molar-refractivity contribution in [2.45, 2.75) is 52.9 Å². The van der Waals surface area contributed by atoms with E-state index in [1.807, 2.05) is 25.7 Å². The summed E-state index contributed by atoms with van der Waals surface area (Å²) in [5.41, 5.74) is 3.40. The largest absolute Gasteiger partial charge is 0.374 e. The fourth-order valence-electron chi connectivity index (χ4n) is 3.00. The van der Waals surface area contributed by atoms with Gasteiger partial charge in [0.25, 0.3) is 0 Å². The molecule has 1 fully saturated rings. The van der Waals surface area contributed by atoms with Gasteiger partial charge in [0.15, 0.2) is 0 Å². The quantitative estimate of drug-likeness (QED) is 0.930. The molecule has 2 rings (SSSR count). The molecule has 0 bridgehead atoms. The first-order chi connectivity index (χ1) is 9.85. The number of carbonyl (C=O) groups excluding carboxylic acids is 1. The fraction of sp³-hybridized carbons (Fsp3) is 0.588. The Balaban J connectivity index is 2.02. The van der Waals surface area contributed by atoms with Crippen LogP contribution in [0.5, 0.6) is 0 Å². The molecule has 1 aliphatic heterocycles. The molecular formula is C17H26N2O2. The van der Waals surface area contributed by atoms with E-state index >= 15 is 0 Å². The van der Waals surface area contributed by atoms with Gasteiger partial charge in [-0.3, -0.25) is 4.79 Å². The fourth-order valence-corrected chi connectivity index (χ4v) is 3.00. The van der Waals surface area contributed by atoms with Crippen LogP contribution in [-0.2, 0) is 9.53 Å². The number of anilines is 1. The second kappa shape index (κ2) is 6.48. The number of nitrogens with one attached hydrogen (secondary N) is 1. The second-order valence-corrected chi connectivity index (χ2v) is 6.24. The summed E-state index contributed by atoms with van der Waals surface area (Å²) in [7, 11) is 0. The van der Waals surface area contributed by atoms with Crippen molar-refractivity contribution < 1.29 is 9.53 Å². The van der Waals surface area contributed by atoms with Crippen LogP contribution in [-0.4, -0.2) is 42.1 Å². The van der Waals surface area contributed by atoms with Gasteiger partial charge in [-0.1, -0.05) is 6.07 Å². The highest BCUT2D eigenvalue weighted by atomic mass is 16.5. The molecule has 1 N–H and O–H groups in total. The number of amides is 1. The summed E-state index contributed by atoms with van der Waals surface area (Å²) in [5, 5.41) is 3.32. The molecule has 0 spiro atoms. The SMILES string of the molecule is Cc1cc(C)cc(N[C@H](C)C(=O)N2C[C@@H](C)O[C@H](C)C2)c1. The maximum absolute atomic E-state index is 12.6. The molecule has 116 valence electrons. The van der Waals surface area contributed by atoms with Crippen LogP contribution in [0.3, 0.4) is 0 Å². The molecule has 1 amide bonds. The molecule has 4 heteroatoms. The van der Waals surface area contributed by atoms with E-state index in [1.165, 1.54) is 11.1 Å². The lowest BCUT2D eigenvalue weighted by Crippen LogP contribution is -2.52. The van der Waals surface area contributed by atoms with Gasteiger partial charge >= 0.3 is 0 Å². The monoisotopic (exact) mass is 290 g/mol. The van der Waals surface area contributed by atoms with Crippen LogP contribution in [0, 0.1) is 13.8 Å². The van der Waals surface area contributed by atoms with Crippen LogP contribution in [0.15, 0.2) is 18.2 Å². The lowest BCUT2D eigenvalue weighted by molar-refractivity contribution is -0.143. The minimum absolute atomic E-state index is 0.103. The van der Waals surface area contributed by atoms with Gasteiger partial charge < -0.3 is 15.0 Å². The number of morpholine rings is 1. The van der Waals surface area contributed by atoms with Crippen molar-refractivity contribution in [2.24, 2.45) is 0 Å². The van der Waals surface area contributed by atoms with E-state index in [0.29, 0.717) is 13.1 Å². The molecule has 21 heavy (non-hydrogen) atoms. The van der Waals surface area contributed by atoms with E-state index in [4.69, 9.17) is 4.74 Å². The van der Waals surface area contributed by atoms with E-state index < -0.39 is 0 Å². The smallest absolute Gasteiger partial charge is 0.244 e. The van der Waals surface area contributed by atoms with Crippen LogP contribution in [0.4, 0.5) is 5.69 Å². The molecule has 0 unspecified atom stereocenters. The van der Waals surface area contributed by atoms with Gasteiger partial charge in [-0.25, -0.2) is 0 Å². The summed E-state index contributed by atoms with van der Waals surface area (Å²) in [6.45, 7) is 11.4. The predicted octanol–water partition coefficient (Wildman–Crippen LogP) is 2.74. The van der Waals surface area contributed by atoms with Crippen molar-refractivity contribution in [2.75, 3.05) is 18.4 Å². The summed E-state index contributed by atoms with van der Waals surface area (Å²) in [6.07, 6.45) is 0.206. The zero-order valence-corrected chi connectivity index (χ0v) is 13.6. The third-order valence-corrected chi connectivity index (χ3v) is 3.71. The molecule has 3 atom stereocenters. The minimum atomic E-state index is -0.233. The van der Waals surface area contributed by atoms with Crippen LogP contribution < -0.4 is 5.32 Å². The average molecular weight is 290 g/mol. The normalized spacial score (nSPS) is 23.8. The molecule has 1 saturated heterocycles. The average Bonchev–Trinajstić information content (AvgIpc) is 2.35. The molecule has 1 aromatic rings. The Kier molecular flexibility index (Phi) is 4.88. The summed E-state index contributed by atoms with van der Waals surface area (Å²) in [6, 6.07) is 6.04. The van der Waals surface area contributed by atoms with Crippen molar-refractivity contribution in [3.63, 3.8) is 0 Å². The standard InChI is InChI=1S/C17H26N2O2/c1-11-6-12(2)8-16(7-11)18-15(5)17(20)19-9-13(3)21-14(4)10-19/h6-8,13-15,18H,9-10H2,1-5H3/t13-,14-,15-/m1/s1. The number of hydrogen-bond donors (Lipinski definition) is 1. The van der Waals surface area contributed by atoms with Crippen LogP contribution in [0.25, 0.3) is 0 Å². The molecule has 1 aliphatic rings. The molecule has 4 nitrogen and oxygen atoms in total. The Bertz CT molecular complexity index is 485. The van der Waals surface area contributed by atoms with Crippen molar-refractivity contribution in [1.82, 2.24) is 4.90 Å². The number of ether oxygens (including phenoxy) is 1. The third kappa shape index (κ3) is 4.21. The van der Waals surface area contributed by atoms with E-state index in [0.717, 1.165) is 5.69 Å². The Morgan fingerprint density at radius 2 is 1.71 bits per heavy atom. The molecule has 0 aliphatic carbocycles. The lowest BCUT2D eigenvalue weighted by Gasteiger charge is -2.36. The van der Waals surface area contributed by atoms with E-state index in [-0.39, 0.29) is 24.2 Å². The zero-order chi connectivity index (χ0) is 15.6. The molecule has 0 aromatic heterocycles. The third-order valence-electron chi connectivity index (χ3n) is 3.71. The number of aryl methyl sites for hydroxylation is 2. The maximum Gasteiger partial charge on any atom is 0.244 e. The van der Waals surface area contributed by atoms with Gasteiger partial charge in [0.1, 0.15) is 6.04 Å². The molecule has 0 radical (unpaired) electrons. The Morgan fingerprint density at radius 3 is 2.24 bits per heavy atom. The predicted molar refractivity (Wildman–Crippen MR) is 85.6 cm³/mol. The second-order valence-electron chi connectivity index (χ2n) is 6.24. The van der Waals surface area contributed by atoms with Crippen molar-refractivity contribution in [3.05, 3.63) is 29.3 Å². The highest BCUT2D eigenvalue weighted by Gasteiger charge is 2.28. The van der Waals surface area contributed by atoms with Crippen LogP contribution in [0.1, 0.15) is 31.9 Å². The Labute approximate surface area is 127 Å². The van der Waals surface area contributed by atoms with Gasteiger partial charge in [0, 0.05) is 18.8 Å². The highest BCUT2D eigenvalue weighted by Crippen LogP contribution is 2.17. The van der Waals surface area contributed by atoms with Crippen LogP contribution in [0.2, 0.25) is 0 Å². The first kappa shape index (κ1) is 15.8. The summed E-state index contributed by atoms with van der Waals surface area (Å²) < 4.78 is 5.68. The number of nitrogens with zero attached hydrogens (tertiary/aromatic N) is 1. The molecule has 1 aromatic carbocycles. The van der Waals surface area contributed by atoms with Gasteiger partial charge in [-0.05, 0) is 57.9 Å². The van der Waals surface area contributed by atoms with Crippen molar-refractivity contribution in [1.29, 1.82) is 0 Å². The Morgan fingerprint density at radius 1 is 1.19 bits per heavy atom. The van der Waals surface area contributed by atoms with Crippen molar-refractivity contribution >= 4 is 11.6 Å². The summed E-state index contributed by atoms with van der Waals surface area (Å²) >= 11 is 0. The lowest BCUT2D eigenvalue weighted by atomic mass is 10.1. The zero-order valence-electron chi connectivity index (χ0n) is 13.6. The summed E-state index contributed by atoms with van der Waals surface area (Å²) in [4.78, 5) is 14.5. The number of benzene rings is 1. The topological polar surface area (TPSA) is 41.6 Å². The minimum Gasteiger partial charge on any atom is -0.374 e. The van der Waals surface area contributed by atoms with Crippen molar-refractivity contribution in [3.8, 4) is 0 Å². The molecular weight excluding hydrogens is 264 g/mol. The van der Waals surface area contributed by atoms with E-state index in [1.54, 1.807) is 0 Å². The van der Waals surface area contributed by atoms with Gasteiger partial charge in [-0.2, -0.15) is 0 Å². The molecule has 0 saturated carbocycles. The van der Waals surface area contributed by atoms with Crippen LogP contribution >= 0.6 is 0 Å². The van der Waals surface area contributed by atoms with Gasteiger partial charge in [0.2, 0.25) is 5.91 Å². The van der Waals surface area contributed by atoms with E-state index in [2.05, 4.69) is 37.4 Å². The maximum atomic E-state index is 12.6. The van der Waals surface area contributed by atoms with Gasteiger partial charge in [-0.15, -0.1) is 0 Å².